The van der Waals surface area contributed by atoms with Gasteiger partial charge in [-0.25, -0.2) is 9.59 Å². The Hall–Kier alpha value is -3.14. The average Bonchev–Trinajstić information content (AvgIpc) is 3.00. The van der Waals surface area contributed by atoms with Crippen LogP contribution >= 0.6 is 0 Å². The summed E-state index contributed by atoms with van der Waals surface area (Å²) in [6.07, 6.45) is 2.58. The van der Waals surface area contributed by atoms with Crippen LogP contribution in [-0.2, 0) is 23.1 Å². The lowest BCUT2D eigenvalue weighted by atomic mass is 9.92. The van der Waals surface area contributed by atoms with E-state index < -0.39 is 29.2 Å². The van der Waals surface area contributed by atoms with E-state index in [1.807, 2.05) is 39.0 Å². The monoisotopic (exact) mass is 502 g/mol. The summed E-state index contributed by atoms with van der Waals surface area (Å²) in [6, 6.07) is 4.98. The maximum absolute atomic E-state index is 12.9. The zero-order valence-corrected chi connectivity index (χ0v) is 21.8. The molecule has 1 aliphatic heterocycles. The van der Waals surface area contributed by atoms with Gasteiger partial charge in [-0.05, 0) is 83.9 Å². The van der Waals surface area contributed by atoms with E-state index >= 15 is 0 Å². The second-order valence-electron chi connectivity index (χ2n) is 11.1. The number of aliphatic hydroxyl groups is 1. The molecule has 10 nitrogen and oxygen atoms in total. The molecule has 2 heterocycles. The Morgan fingerprint density at radius 1 is 1.11 bits per heavy atom. The quantitative estimate of drug-likeness (QED) is 0.452. The van der Waals surface area contributed by atoms with E-state index in [-0.39, 0.29) is 18.0 Å². The molecule has 2 aromatic rings. The molecule has 1 fully saturated rings. The zero-order valence-electron chi connectivity index (χ0n) is 21.8. The van der Waals surface area contributed by atoms with Crippen LogP contribution in [0.1, 0.15) is 77.8 Å². The molecule has 0 radical (unpaired) electrons. The minimum absolute atomic E-state index is 0.196. The second-order valence-corrected chi connectivity index (χ2v) is 11.1. The van der Waals surface area contributed by atoms with E-state index in [1.54, 1.807) is 14.0 Å². The van der Waals surface area contributed by atoms with E-state index in [4.69, 9.17) is 0 Å². The van der Waals surface area contributed by atoms with Crippen molar-refractivity contribution in [2.24, 2.45) is 7.05 Å². The number of amides is 3. The number of carbonyl (C=O) groups is 3. The number of rotatable bonds is 9. The van der Waals surface area contributed by atoms with Gasteiger partial charge in [0.15, 0.2) is 0 Å². The summed E-state index contributed by atoms with van der Waals surface area (Å²) >= 11 is 0. The Labute approximate surface area is 210 Å². The number of aromatic nitrogens is 2. The van der Waals surface area contributed by atoms with Crippen LogP contribution in [0, 0.1) is 0 Å². The predicted molar refractivity (Wildman–Crippen MR) is 136 cm³/mol. The summed E-state index contributed by atoms with van der Waals surface area (Å²) in [4.78, 5) is 49.7. The SMILES string of the molecule is Cn1c(=O)n(C2CCC(=O)NC2=O)c2ccc(CCCC(C)(O)CCCN(C(=O)O)C(C)(C)C)cc21. The highest BCUT2D eigenvalue weighted by atomic mass is 16.4. The summed E-state index contributed by atoms with van der Waals surface area (Å²) in [5.41, 5.74) is 0.672. The molecule has 0 spiro atoms. The maximum Gasteiger partial charge on any atom is 0.407 e. The first kappa shape index (κ1) is 27.4. The zero-order chi connectivity index (χ0) is 26.8. The van der Waals surface area contributed by atoms with Gasteiger partial charge >= 0.3 is 11.8 Å². The van der Waals surface area contributed by atoms with Gasteiger partial charge in [0.25, 0.3) is 0 Å². The highest BCUT2D eigenvalue weighted by molar-refractivity contribution is 6.00. The van der Waals surface area contributed by atoms with Gasteiger partial charge in [0, 0.05) is 25.6 Å². The number of benzene rings is 1. The lowest BCUT2D eigenvalue weighted by Crippen LogP contribution is -2.45. The fraction of sp³-hybridized carbons (Fsp3) is 0.615. The molecule has 10 heteroatoms. The highest BCUT2D eigenvalue weighted by Gasteiger charge is 2.31. The fourth-order valence-corrected chi connectivity index (χ4v) is 4.93. The lowest BCUT2D eigenvalue weighted by molar-refractivity contribution is -0.135. The number of imide groups is 1. The third-order valence-corrected chi connectivity index (χ3v) is 6.99. The number of piperidine rings is 1. The predicted octanol–water partition coefficient (Wildman–Crippen LogP) is 2.95. The van der Waals surface area contributed by atoms with Crippen molar-refractivity contribution in [3.05, 3.63) is 34.2 Å². The average molecular weight is 503 g/mol. The fourth-order valence-electron chi connectivity index (χ4n) is 4.93. The van der Waals surface area contributed by atoms with Crippen molar-refractivity contribution in [3.8, 4) is 0 Å². The van der Waals surface area contributed by atoms with Crippen LogP contribution < -0.4 is 11.0 Å². The normalized spacial score (nSPS) is 18.2. The van der Waals surface area contributed by atoms with Gasteiger partial charge in [-0.1, -0.05) is 6.07 Å². The topological polar surface area (TPSA) is 134 Å². The molecule has 3 N–H and O–H groups in total. The Balaban J connectivity index is 1.62. The first-order valence-corrected chi connectivity index (χ1v) is 12.5. The van der Waals surface area contributed by atoms with Crippen molar-refractivity contribution in [1.82, 2.24) is 19.4 Å². The Morgan fingerprint density at radius 3 is 2.39 bits per heavy atom. The number of imidazole rings is 1. The number of aryl methyl sites for hydroxylation is 2. The summed E-state index contributed by atoms with van der Waals surface area (Å²) in [7, 11) is 1.67. The molecule has 0 saturated carbocycles. The lowest BCUT2D eigenvalue weighted by Gasteiger charge is -2.34. The van der Waals surface area contributed by atoms with E-state index in [0.29, 0.717) is 49.7 Å². The maximum atomic E-state index is 12.9. The summed E-state index contributed by atoms with van der Waals surface area (Å²) in [6.45, 7) is 7.70. The molecule has 1 saturated heterocycles. The van der Waals surface area contributed by atoms with Crippen LogP contribution in [0.4, 0.5) is 4.79 Å². The summed E-state index contributed by atoms with van der Waals surface area (Å²) in [5, 5.41) is 22.6. The number of fused-ring (bicyclic) bond motifs is 1. The smallest absolute Gasteiger partial charge is 0.407 e. The molecule has 1 aromatic carbocycles. The van der Waals surface area contributed by atoms with Crippen molar-refractivity contribution >= 4 is 28.9 Å². The molecule has 3 rings (SSSR count). The molecule has 198 valence electrons. The molecule has 3 amide bonds. The van der Waals surface area contributed by atoms with E-state index in [1.165, 1.54) is 14.0 Å². The molecule has 2 atom stereocenters. The number of hydrogen-bond donors (Lipinski definition) is 3. The van der Waals surface area contributed by atoms with Crippen LogP contribution in [0.3, 0.4) is 0 Å². The van der Waals surface area contributed by atoms with Crippen LogP contribution in [-0.4, -0.2) is 59.8 Å². The Morgan fingerprint density at radius 2 is 1.78 bits per heavy atom. The van der Waals surface area contributed by atoms with Crippen molar-refractivity contribution in [1.29, 1.82) is 0 Å². The summed E-state index contributed by atoms with van der Waals surface area (Å²) in [5.74, 6) is -0.780. The molecule has 1 aliphatic rings. The standard InChI is InChI=1S/C26H38N4O6/c1-25(2,3)29(24(34)35)15-7-14-26(4,36)13-6-8-17-9-10-18-20(16-17)28(5)23(33)30(18)19-11-12-21(31)27-22(19)32/h9-10,16,19,36H,6-8,11-15H2,1-5H3,(H,34,35)(H,27,31,32). The van der Waals surface area contributed by atoms with E-state index in [9.17, 15) is 29.4 Å². The van der Waals surface area contributed by atoms with Gasteiger partial charge in [0.05, 0.1) is 16.6 Å². The number of hydrogen-bond acceptors (Lipinski definition) is 5. The number of nitrogens with zero attached hydrogens (tertiary/aromatic N) is 3. The van der Waals surface area contributed by atoms with Crippen molar-refractivity contribution in [2.75, 3.05) is 6.54 Å². The molecule has 2 unspecified atom stereocenters. The number of carbonyl (C=O) groups excluding carboxylic acids is 2. The van der Waals surface area contributed by atoms with E-state index in [0.717, 1.165) is 12.0 Å². The van der Waals surface area contributed by atoms with Crippen molar-refractivity contribution in [3.63, 3.8) is 0 Å². The van der Waals surface area contributed by atoms with Gasteiger partial charge in [0.1, 0.15) is 6.04 Å². The third-order valence-electron chi connectivity index (χ3n) is 6.99. The first-order valence-electron chi connectivity index (χ1n) is 12.5. The minimum atomic E-state index is -0.960. The molecule has 1 aromatic heterocycles. The van der Waals surface area contributed by atoms with E-state index in [2.05, 4.69) is 5.32 Å². The molecule has 0 aliphatic carbocycles. The van der Waals surface area contributed by atoms with Crippen LogP contribution in [0.5, 0.6) is 0 Å². The number of nitrogens with one attached hydrogen (secondary N) is 1. The molecular weight excluding hydrogens is 464 g/mol. The van der Waals surface area contributed by atoms with Gasteiger partial charge < -0.3 is 15.1 Å². The molecular formula is C26H38N4O6. The first-order chi connectivity index (χ1) is 16.7. The van der Waals surface area contributed by atoms with Crippen molar-refractivity contribution in [2.45, 2.75) is 89.8 Å². The minimum Gasteiger partial charge on any atom is -0.465 e. The molecule has 36 heavy (non-hydrogen) atoms. The third kappa shape index (κ3) is 6.16. The largest absolute Gasteiger partial charge is 0.465 e. The summed E-state index contributed by atoms with van der Waals surface area (Å²) < 4.78 is 2.98. The van der Waals surface area contributed by atoms with Gasteiger partial charge in [0.2, 0.25) is 11.8 Å². The van der Waals surface area contributed by atoms with Gasteiger partial charge in [-0.2, -0.15) is 0 Å². The second kappa shape index (κ2) is 10.5. The number of carboxylic acid groups (broad SMARTS) is 1. The van der Waals surface area contributed by atoms with Crippen LogP contribution in [0.25, 0.3) is 11.0 Å². The Kier molecular flexibility index (Phi) is 7.97. The van der Waals surface area contributed by atoms with Crippen LogP contribution in [0.2, 0.25) is 0 Å². The molecule has 0 bridgehead atoms. The Bertz CT molecular complexity index is 1200. The van der Waals surface area contributed by atoms with Crippen LogP contribution in [0.15, 0.2) is 23.0 Å². The van der Waals surface area contributed by atoms with Gasteiger partial charge in [-0.3, -0.25) is 24.0 Å². The van der Waals surface area contributed by atoms with Crippen molar-refractivity contribution < 1.29 is 24.6 Å². The van der Waals surface area contributed by atoms with Gasteiger partial charge in [-0.15, -0.1) is 0 Å². The highest BCUT2D eigenvalue weighted by Crippen LogP contribution is 2.26.